The first-order valence-electron chi connectivity index (χ1n) is 5.33. The van der Waals surface area contributed by atoms with Gasteiger partial charge in [0.05, 0.1) is 0 Å². The van der Waals surface area contributed by atoms with E-state index in [0.717, 1.165) is 25.1 Å². The standard InChI is InChI=1S/C11H16N2OS/c1-2-8-3-4-12-11(5-8)14-10-6-9(7-10)13-15/h3-5,9-10,13,15H,2,6-7H2,1H3/t9-,10-. The van der Waals surface area contributed by atoms with Crippen molar-refractivity contribution < 1.29 is 4.74 Å². The zero-order chi connectivity index (χ0) is 10.7. The average Bonchev–Trinajstić information content (AvgIpc) is 2.23. The Balaban J connectivity index is 1.88. The second-order valence-electron chi connectivity index (χ2n) is 3.89. The topological polar surface area (TPSA) is 34.1 Å². The van der Waals surface area contributed by atoms with Crippen molar-refractivity contribution in [3.05, 3.63) is 23.9 Å². The van der Waals surface area contributed by atoms with Crippen LogP contribution in [0.15, 0.2) is 18.3 Å². The van der Waals surface area contributed by atoms with E-state index in [1.807, 2.05) is 12.1 Å². The lowest BCUT2D eigenvalue weighted by atomic mass is 9.90. The van der Waals surface area contributed by atoms with Crippen molar-refractivity contribution in [2.24, 2.45) is 0 Å². The molecule has 0 bridgehead atoms. The Labute approximate surface area is 95.8 Å². The van der Waals surface area contributed by atoms with Crippen LogP contribution < -0.4 is 9.46 Å². The van der Waals surface area contributed by atoms with Crippen molar-refractivity contribution in [1.29, 1.82) is 0 Å². The summed E-state index contributed by atoms with van der Waals surface area (Å²) >= 11 is 4.02. The van der Waals surface area contributed by atoms with Gasteiger partial charge in [-0.2, -0.15) is 0 Å². The van der Waals surface area contributed by atoms with Crippen LogP contribution in [0.2, 0.25) is 0 Å². The Bertz CT molecular complexity index is 326. The van der Waals surface area contributed by atoms with E-state index in [1.54, 1.807) is 6.20 Å². The number of hydrogen-bond acceptors (Lipinski definition) is 4. The largest absolute Gasteiger partial charge is 0.474 e. The molecule has 1 N–H and O–H groups in total. The van der Waals surface area contributed by atoms with E-state index < -0.39 is 0 Å². The molecule has 0 unspecified atom stereocenters. The van der Waals surface area contributed by atoms with Crippen molar-refractivity contribution in [3.8, 4) is 5.88 Å². The lowest BCUT2D eigenvalue weighted by Gasteiger charge is -2.34. The maximum Gasteiger partial charge on any atom is 0.213 e. The number of thiol groups is 1. The lowest BCUT2D eigenvalue weighted by Crippen LogP contribution is -2.43. The fraction of sp³-hybridized carbons (Fsp3) is 0.545. The van der Waals surface area contributed by atoms with Gasteiger partial charge in [0.25, 0.3) is 0 Å². The Morgan fingerprint density at radius 2 is 2.40 bits per heavy atom. The second kappa shape index (κ2) is 4.86. The van der Waals surface area contributed by atoms with Crippen LogP contribution in [0.5, 0.6) is 5.88 Å². The molecule has 0 saturated heterocycles. The van der Waals surface area contributed by atoms with Crippen LogP contribution in [0.3, 0.4) is 0 Å². The molecule has 0 radical (unpaired) electrons. The maximum atomic E-state index is 5.74. The molecule has 0 amide bonds. The van der Waals surface area contributed by atoms with Gasteiger partial charge in [0.15, 0.2) is 0 Å². The number of rotatable bonds is 4. The minimum Gasteiger partial charge on any atom is -0.474 e. The third-order valence-corrected chi connectivity index (χ3v) is 3.14. The molecular formula is C11H16N2OS. The highest BCUT2D eigenvalue weighted by molar-refractivity contribution is 7.78. The third-order valence-electron chi connectivity index (χ3n) is 2.77. The number of pyridine rings is 1. The van der Waals surface area contributed by atoms with Gasteiger partial charge in [0.2, 0.25) is 5.88 Å². The molecule has 0 spiro atoms. The van der Waals surface area contributed by atoms with Crippen molar-refractivity contribution >= 4 is 12.8 Å². The van der Waals surface area contributed by atoms with Gasteiger partial charge in [0.1, 0.15) is 6.10 Å². The Morgan fingerprint density at radius 3 is 3.07 bits per heavy atom. The fourth-order valence-corrected chi connectivity index (χ4v) is 1.88. The van der Waals surface area contributed by atoms with E-state index in [-0.39, 0.29) is 0 Å². The van der Waals surface area contributed by atoms with E-state index in [1.165, 1.54) is 5.56 Å². The van der Waals surface area contributed by atoms with Crippen LogP contribution in [0.25, 0.3) is 0 Å². The van der Waals surface area contributed by atoms with Crippen LogP contribution in [0.1, 0.15) is 25.3 Å². The molecule has 15 heavy (non-hydrogen) atoms. The molecule has 1 aliphatic carbocycles. The molecule has 1 aromatic heterocycles. The van der Waals surface area contributed by atoms with Crippen LogP contribution in [0, 0.1) is 0 Å². The molecule has 1 saturated carbocycles. The van der Waals surface area contributed by atoms with E-state index in [0.29, 0.717) is 12.1 Å². The van der Waals surface area contributed by atoms with Gasteiger partial charge in [-0.15, -0.1) is 0 Å². The summed E-state index contributed by atoms with van der Waals surface area (Å²) in [5.41, 5.74) is 1.27. The minimum absolute atomic E-state index is 0.300. The van der Waals surface area contributed by atoms with Gasteiger partial charge >= 0.3 is 0 Å². The molecular weight excluding hydrogens is 208 g/mol. The molecule has 3 nitrogen and oxygen atoms in total. The molecule has 1 heterocycles. The smallest absolute Gasteiger partial charge is 0.213 e. The van der Waals surface area contributed by atoms with Gasteiger partial charge in [-0.05, 0) is 18.1 Å². The average molecular weight is 224 g/mol. The fourth-order valence-electron chi connectivity index (χ4n) is 1.67. The molecule has 1 aliphatic rings. The molecule has 0 aromatic carbocycles. The van der Waals surface area contributed by atoms with Gasteiger partial charge in [-0.25, -0.2) is 4.98 Å². The van der Waals surface area contributed by atoms with Crippen molar-refractivity contribution in [2.75, 3.05) is 0 Å². The van der Waals surface area contributed by atoms with Gasteiger partial charge < -0.3 is 4.74 Å². The van der Waals surface area contributed by atoms with Gasteiger partial charge in [-0.3, -0.25) is 4.72 Å². The third kappa shape index (κ3) is 2.63. The Morgan fingerprint density at radius 1 is 1.60 bits per heavy atom. The molecule has 4 heteroatoms. The number of nitrogens with one attached hydrogen (secondary N) is 1. The first-order valence-corrected chi connectivity index (χ1v) is 5.77. The number of aromatic nitrogens is 1. The normalized spacial score (nSPS) is 24.7. The van der Waals surface area contributed by atoms with Crippen LogP contribution in [-0.2, 0) is 6.42 Å². The lowest BCUT2D eigenvalue weighted by molar-refractivity contribution is 0.0909. The summed E-state index contributed by atoms with van der Waals surface area (Å²) < 4.78 is 8.67. The highest BCUT2D eigenvalue weighted by Crippen LogP contribution is 2.25. The monoisotopic (exact) mass is 224 g/mol. The molecule has 82 valence electrons. The number of aryl methyl sites for hydroxylation is 1. The summed E-state index contributed by atoms with van der Waals surface area (Å²) in [6, 6.07) is 4.53. The Kier molecular flexibility index (Phi) is 3.49. The number of hydrogen-bond donors (Lipinski definition) is 2. The molecule has 0 aliphatic heterocycles. The minimum atomic E-state index is 0.300. The zero-order valence-corrected chi connectivity index (χ0v) is 9.71. The van der Waals surface area contributed by atoms with Gasteiger partial charge in [-0.1, -0.05) is 19.7 Å². The molecule has 0 atom stereocenters. The molecule has 1 aromatic rings. The van der Waals surface area contributed by atoms with Crippen molar-refractivity contribution in [3.63, 3.8) is 0 Å². The van der Waals surface area contributed by atoms with E-state index in [4.69, 9.17) is 4.74 Å². The molecule has 2 rings (SSSR count). The summed E-state index contributed by atoms with van der Waals surface area (Å²) in [5, 5.41) is 0. The second-order valence-corrected chi connectivity index (χ2v) is 4.15. The van der Waals surface area contributed by atoms with Crippen LogP contribution in [-0.4, -0.2) is 17.1 Å². The Hall–Kier alpha value is -0.740. The van der Waals surface area contributed by atoms with Gasteiger partial charge in [0, 0.05) is 31.1 Å². The first kappa shape index (κ1) is 10.8. The molecule has 1 fully saturated rings. The first-order chi connectivity index (χ1) is 7.31. The number of nitrogens with zero attached hydrogens (tertiary/aromatic N) is 1. The predicted octanol–water partition coefficient (Wildman–Crippen LogP) is 1.99. The predicted molar refractivity (Wildman–Crippen MR) is 63.2 cm³/mol. The summed E-state index contributed by atoms with van der Waals surface area (Å²) in [6.45, 7) is 2.13. The van der Waals surface area contributed by atoms with Crippen LogP contribution in [0.4, 0.5) is 0 Å². The van der Waals surface area contributed by atoms with E-state index >= 15 is 0 Å². The summed E-state index contributed by atoms with van der Waals surface area (Å²) in [4.78, 5) is 4.20. The van der Waals surface area contributed by atoms with Crippen LogP contribution >= 0.6 is 12.8 Å². The van der Waals surface area contributed by atoms with E-state index in [9.17, 15) is 0 Å². The number of ether oxygens (including phenoxy) is 1. The highest BCUT2D eigenvalue weighted by Gasteiger charge is 2.30. The quantitative estimate of drug-likeness (QED) is 0.768. The van der Waals surface area contributed by atoms with E-state index in [2.05, 4.69) is 29.4 Å². The highest BCUT2D eigenvalue weighted by atomic mass is 32.1. The maximum absolute atomic E-state index is 5.74. The summed E-state index contributed by atoms with van der Waals surface area (Å²) in [6.07, 6.45) is 5.16. The van der Waals surface area contributed by atoms with Crippen molar-refractivity contribution in [1.82, 2.24) is 9.71 Å². The summed E-state index contributed by atoms with van der Waals surface area (Å²) in [7, 11) is 0. The van der Waals surface area contributed by atoms with Crippen molar-refractivity contribution in [2.45, 2.75) is 38.3 Å². The summed E-state index contributed by atoms with van der Waals surface area (Å²) in [5.74, 6) is 0.747. The zero-order valence-electron chi connectivity index (χ0n) is 8.81. The SMILES string of the molecule is CCc1ccnc(O[C@H]2C[C@H](NS)C2)c1.